The molecule has 0 saturated carbocycles. The molecular formula is C13H13NO5S. The zero-order chi connectivity index (χ0) is 13.9. The van der Waals surface area contributed by atoms with Gasteiger partial charge in [-0.25, -0.2) is 8.42 Å². The van der Waals surface area contributed by atoms with Crippen molar-refractivity contribution in [1.82, 2.24) is 0 Å². The Hall–Kier alpha value is -1.76. The number of benzene rings is 1. The summed E-state index contributed by atoms with van der Waals surface area (Å²) >= 11 is 0. The van der Waals surface area contributed by atoms with Crippen LogP contribution in [0.1, 0.15) is 6.42 Å². The van der Waals surface area contributed by atoms with Crippen LogP contribution < -0.4 is 14.4 Å². The topological polar surface area (TPSA) is 72.9 Å². The summed E-state index contributed by atoms with van der Waals surface area (Å²) in [5, 5.41) is 0. The van der Waals surface area contributed by atoms with Crippen LogP contribution in [0.3, 0.4) is 0 Å². The van der Waals surface area contributed by atoms with Crippen LogP contribution in [-0.2, 0) is 14.6 Å². The first-order valence-electron chi connectivity index (χ1n) is 6.46. The van der Waals surface area contributed by atoms with Crippen molar-refractivity contribution in [3.63, 3.8) is 0 Å². The first kappa shape index (κ1) is 12.0. The summed E-state index contributed by atoms with van der Waals surface area (Å²) in [4.78, 5) is 13.8. The maximum atomic E-state index is 12.2. The molecule has 4 rings (SSSR count). The Morgan fingerprint density at radius 3 is 2.80 bits per heavy atom. The van der Waals surface area contributed by atoms with E-state index in [1.807, 2.05) is 0 Å². The molecule has 0 N–H and O–H groups in total. The SMILES string of the molecule is O=C1CC2CS(=O)(=O)CC2N1c1ccc2c(c1)OCO2. The van der Waals surface area contributed by atoms with Crippen LogP contribution in [0, 0.1) is 5.92 Å². The van der Waals surface area contributed by atoms with E-state index < -0.39 is 9.84 Å². The van der Waals surface area contributed by atoms with Crippen molar-refractivity contribution < 1.29 is 22.7 Å². The van der Waals surface area contributed by atoms with Gasteiger partial charge in [0, 0.05) is 24.1 Å². The van der Waals surface area contributed by atoms with Gasteiger partial charge in [0.05, 0.1) is 17.5 Å². The first-order chi connectivity index (χ1) is 9.53. The molecule has 0 radical (unpaired) electrons. The summed E-state index contributed by atoms with van der Waals surface area (Å²) in [7, 11) is -3.03. The number of hydrogen-bond donors (Lipinski definition) is 0. The molecule has 0 spiro atoms. The smallest absolute Gasteiger partial charge is 0.231 e. The van der Waals surface area contributed by atoms with Crippen molar-refractivity contribution in [3.8, 4) is 11.5 Å². The van der Waals surface area contributed by atoms with Gasteiger partial charge in [0.2, 0.25) is 12.7 Å². The number of anilines is 1. The van der Waals surface area contributed by atoms with Gasteiger partial charge in [-0.05, 0) is 12.1 Å². The number of ether oxygens (including phenoxy) is 2. The van der Waals surface area contributed by atoms with Crippen molar-refractivity contribution in [1.29, 1.82) is 0 Å². The second kappa shape index (κ2) is 3.88. The van der Waals surface area contributed by atoms with E-state index in [2.05, 4.69) is 0 Å². The number of rotatable bonds is 1. The molecule has 20 heavy (non-hydrogen) atoms. The molecule has 0 aliphatic carbocycles. The van der Waals surface area contributed by atoms with Crippen LogP contribution >= 0.6 is 0 Å². The highest BCUT2D eigenvalue weighted by Gasteiger charge is 2.49. The van der Waals surface area contributed by atoms with Crippen molar-refractivity contribution in [2.24, 2.45) is 5.92 Å². The van der Waals surface area contributed by atoms with Crippen LogP contribution in [0.15, 0.2) is 18.2 Å². The molecule has 1 aromatic rings. The molecular weight excluding hydrogens is 282 g/mol. The number of amides is 1. The summed E-state index contributed by atoms with van der Waals surface area (Å²) < 4.78 is 34.0. The van der Waals surface area contributed by atoms with E-state index in [1.54, 1.807) is 23.1 Å². The fourth-order valence-corrected chi connectivity index (χ4v) is 5.33. The number of hydrogen-bond acceptors (Lipinski definition) is 5. The fraction of sp³-hybridized carbons (Fsp3) is 0.462. The molecule has 3 heterocycles. The third-order valence-electron chi connectivity index (χ3n) is 4.11. The van der Waals surface area contributed by atoms with E-state index in [4.69, 9.17) is 9.47 Å². The van der Waals surface area contributed by atoms with Gasteiger partial charge < -0.3 is 14.4 Å². The predicted octanol–water partition coefficient (Wildman–Crippen LogP) is 0.565. The average Bonchev–Trinajstić information content (AvgIpc) is 3.00. The molecule has 3 aliphatic heterocycles. The van der Waals surface area contributed by atoms with Gasteiger partial charge in [0.1, 0.15) is 0 Å². The monoisotopic (exact) mass is 295 g/mol. The summed E-state index contributed by atoms with van der Waals surface area (Å²) in [6.07, 6.45) is 0.304. The van der Waals surface area contributed by atoms with Crippen LogP contribution in [-0.4, -0.2) is 38.7 Å². The summed E-state index contributed by atoms with van der Waals surface area (Å²) in [6.45, 7) is 0.174. The standard InChI is InChI=1S/C13H13NO5S/c15-13-3-8-5-20(16,17)6-10(8)14(13)9-1-2-11-12(4-9)19-7-18-11/h1-2,4,8,10H,3,5-7H2. The van der Waals surface area contributed by atoms with E-state index in [9.17, 15) is 13.2 Å². The summed E-state index contributed by atoms with van der Waals surface area (Å²) in [5.74, 6) is 1.31. The summed E-state index contributed by atoms with van der Waals surface area (Å²) in [6, 6.07) is 5.03. The molecule has 6 nitrogen and oxygen atoms in total. The van der Waals surface area contributed by atoms with Gasteiger partial charge in [-0.15, -0.1) is 0 Å². The van der Waals surface area contributed by atoms with Gasteiger partial charge in [0.25, 0.3) is 0 Å². The molecule has 2 saturated heterocycles. The first-order valence-corrected chi connectivity index (χ1v) is 8.28. The predicted molar refractivity (Wildman–Crippen MR) is 70.6 cm³/mol. The minimum Gasteiger partial charge on any atom is -0.454 e. The maximum absolute atomic E-state index is 12.2. The fourth-order valence-electron chi connectivity index (χ4n) is 3.26. The van der Waals surface area contributed by atoms with E-state index in [1.165, 1.54) is 0 Å². The van der Waals surface area contributed by atoms with Gasteiger partial charge in [0.15, 0.2) is 21.3 Å². The molecule has 0 bridgehead atoms. The highest BCUT2D eigenvalue weighted by Crippen LogP contribution is 2.41. The minimum absolute atomic E-state index is 0.0197. The lowest BCUT2D eigenvalue weighted by Crippen LogP contribution is -2.36. The highest BCUT2D eigenvalue weighted by molar-refractivity contribution is 7.91. The van der Waals surface area contributed by atoms with Crippen molar-refractivity contribution in [3.05, 3.63) is 18.2 Å². The molecule has 2 unspecified atom stereocenters. The lowest BCUT2D eigenvalue weighted by atomic mass is 10.0. The van der Waals surface area contributed by atoms with E-state index >= 15 is 0 Å². The Morgan fingerprint density at radius 2 is 1.95 bits per heavy atom. The van der Waals surface area contributed by atoms with Crippen molar-refractivity contribution >= 4 is 21.4 Å². The molecule has 1 amide bonds. The zero-order valence-electron chi connectivity index (χ0n) is 10.6. The Bertz CT molecular complexity index is 699. The molecule has 2 atom stereocenters. The summed E-state index contributed by atoms with van der Waals surface area (Å²) in [5.41, 5.74) is 0.684. The zero-order valence-corrected chi connectivity index (χ0v) is 11.4. The molecule has 1 aromatic carbocycles. The van der Waals surface area contributed by atoms with Crippen molar-refractivity contribution in [2.75, 3.05) is 23.2 Å². The van der Waals surface area contributed by atoms with Crippen LogP contribution in [0.2, 0.25) is 0 Å². The van der Waals surface area contributed by atoms with E-state index in [0.29, 0.717) is 23.6 Å². The minimum atomic E-state index is -3.03. The van der Waals surface area contributed by atoms with E-state index in [-0.39, 0.29) is 36.2 Å². The van der Waals surface area contributed by atoms with Crippen LogP contribution in [0.25, 0.3) is 0 Å². The second-order valence-electron chi connectivity index (χ2n) is 5.41. The number of sulfone groups is 1. The molecule has 7 heteroatoms. The third-order valence-corrected chi connectivity index (χ3v) is 5.89. The average molecular weight is 295 g/mol. The number of carbonyl (C=O) groups is 1. The lowest BCUT2D eigenvalue weighted by Gasteiger charge is -2.23. The van der Waals surface area contributed by atoms with Gasteiger partial charge in [-0.2, -0.15) is 0 Å². The van der Waals surface area contributed by atoms with Gasteiger partial charge in [-0.3, -0.25) is 4.79 Å². The Kier molecular flexibility index (Phi) is 2.33. The van der Waals surface area contributed by atoms with Crippen molar-refractivity contribution in [2.45, 2.75) is 12.5 Å². The second-order valence-corrected chi connectivity index (χ2v) is 7.56. The Morgan fingerprint density at radius 1 is 1.15 bits per heavy atom. The molecule has 3 aliphatic rings. The maximum Gasteiger partial charge on any atom is 0.231 e. The Labute approximate surface area is 116 Å². The molecule has 0 aromatic heterocycles. The largest absolute Gasteiger partial charge is 0.454 e. The Balaban J connectivity index is 1.72. The number of carbonyl (C=O) groups excluding carboxylic acids is 1. The molecule has 2 fully saturated rings. The number of nitrogens with zero attached hydrogens (tertiary/aromatic N) is 1. The highest BCUT2D eigenvalue weighted by atomic mass is 32.2. The molecule has 106 valence electrons. The van der Waals surface area contributed by atoms with Crippen LogP contribution in [0.4, 0.5) is 5.69 Å². The van der Waals surface area contributed by atoms with E-state index in [0.717, 1.165) is 0 Å². The lowest BCUT2D eigenvalue weighted by molar-refractivity contribution is -0.117. The quantitative estimate of drug-likeness (QED) is 0.757. The number of fused-ring (bicyclic) bond motifs is 2. The van der Waals surface area contributed by atoms with Crippen LogP contribution in [0.5, 0.6) is 11.5 Å². The van der Waals surface area contributed by atoms with Gasteiger partial charge in [-0.1, -0.05) is 0 Å². The van der Waals surface area contributed by atoms with Gasteiger partial charge >= 0.3 is 0 Å². The normalized spacial score (nSPS) is 29.8. The third kappa shape index (κ3) is 1.69.